The van der Waals surface area contributed by atoms with Gasteiger partial charge in [-0.05, 0) is 225 Å². The molecule has 4 aliphatic rings. The molecule has 1 saturated heterocycles. The Labute approximate surface area is 509 Å². The highest BCUT2D eigenvalue weighted by molar-refractivity contribution is 7.87. The zero-order chi connectivity index (χ0) is 63.8. The third-order valence-electron chi connectivity index (χ3n) is 15.7. The lowest BCUT2D eigenvalue weighted by Crippen LogP contribution is -2.34. The highest BCUT2D eigenvalue weighted by Gasteiger charge is 2.49. The number of alkyl halides is 3. The molecule has 3 aromatic carbocycles. The number of carbonyl (C=O) groups excluding carboxylic acids is 2. The fourth-order valence-electron chi connectivity index (χ4n) is 9.71. The fraction of sp³-hybridized carbons (Fsp3) is 0.364. The Morgan fingerprint density at radius 1 is 0.686 bits per heavy atom. The molecule has 3 heterocycles. The number of pyridine rings is 2. The Bertz CT molecular complexity index is 3440. The van der Waals surface area contributed by atoms with Crippen LogP contribution in [0.2, 0.25) is 0 Å². The first kappa shape index (κ1) is 69.6. The minimum absolute atomic E-state index is 0.0146. The van der Waals surface area contributed by atoms with Gasteiger partial charge in [-0.3, -0.25) is 19.6 Å². The van der Waals surface area contributed by atoms with Gasteiger partial charge in [0.1, 0.15) is 5.76 Å². The van der Waals surface area contributed by atoms with E-state index in [-0.39, 0.29) is 48.0 Å². The Morgan fingerprint density at radius 2 is 1.10 bits per heavy atom. The number of halogens is 6. The largest absolute Gasteiger partial charge is 0.534 e. The number of aromatic nitrogens is 2. The van der Waals surface area contributed by atoms with Gasteiger partial charge in [0.05, 0.1) is 35.2 Å². The minimum Gasteiger partial charge on any atom is -0.402 e. The van der Waals surface area contributed by atoms with E-state index in [0.717, 1.165) is 66.9 Å². The average molecular weight is 1230 g/mol. The van der Waals surface area contributed by atoms with E-state index in [1.54, 1.807) is 13.8 Å². The summed E-state index contributed by atoms with van der Waals surface area (Å²) in [4.78, 5) is 29.7. The predicted octanol–water partition coefficient (Wildman–Crippen LogP) is 16.3. The molecule has 460 valence electrons. The van der Waals surface area contributed by atoms with Crippen molar-refractivity contribution in [2.45, 2.75) is 137 Å². The smallest absolute Gasteiger partial charge is 0.402 e. The van der Waals surface area contributed by atoms with Gasteiger partial charge < -0.3 is 30.3 Å². The lowest BCUT2D eigenvalue weighted by atomic mass is 9.79. The maximum absolute atomic E-state index is 13.7. The number of benzene rings is 3. The third-order valence-corrected chi connectivity index (χ3v) is 16.9. The second-order valence-electron chi connectivity index (χ2n) is 22.7. The predicted molar refractivity (Wildman–Crippen MR) is 336 cm³/mol. The van der Waals surface area contributed by atoms with Crippen LogP contribution in [0.4, 0.5) is 39.0 Å². The monoisotopic (exact) mass is 1230 g/mol. The van der Waals surface area contributed by atoms with Crippen LogP contribution in [0, 0.1) is 29.4 Å². The molecule has 12 nitrogen and oxygen atoms in total. The summed E-state index contributed by atoms with van der Waals surface area (Å²) in [6, 6.07) is 26.2. The molecule has 1 aliphatic heterocycles. The highest BCUT2D eigenvalue weighted by Crippen LogP contribution is 2.41. The molecule has 9 rings (SSSR count). The summed E-state index contributed by atoms with van der Waals surface area (Å²) < 4.78 is 100. The Hall–Kier alpha value is -7.19. The van der Waals surface area contributed by atoms with Crippen LogP contribution >= 0.6 is 11.6 Å². The summed E-state index contributed by atoms with van der Waals surface area (Å²) in [5.41, 5.74) is 21.0. The number of hydrogen-bond donors (Lipinski definition) is 3. The van der Waals surface area contributed by atoms with Crippen molar-refractivity contribution in [1.29, 1.82) is 0 Å². The quantitative estimate of drug-likeness (QED) is 0.0217. The van der Waals surface area contributed by atoms with Crippen molar-refractivity contribution in [3.63, 3.8) is 0 Å². The number of nitrogen functional groups attached to an aromatic ring is 2. The van der Waals surface area contributed by atoms with E-state index in [2.05, 4.69) is 79.0 Å². The number of anilines is 3. The van der Waals surface area contributed by atoms with Gasteiger partial charge in [-0.15, -0.1) is 0 Å². The maximum Gasteiger partial charge on any atom is 0.534 e. The van der Waals surface area contributed by atoms with Crippen molar-refractivity contribution in [3.8, 4) is 0 Å². The first-order valence-corrected chi connectivity index (χ1v) is 29.9. The first-order chi connectivity index (χ1) is 40.3. The summed E-state index contributed by atoms with van der Waals surface area (Å²) in [7, 11) is -5.83. The van der Waals surface area contributed by atoms with Crippen LogP contribution in [0.15, 0.2) is 169 Å². The molecule has 5 aromatic rings. The van der Waals surface area contributed by atoms with Crippen molar-refractivity contribution in [1.82, 2.24) is 9.97 Å². The summed E-state index contributed by atoms with van der Waals surface area (Å²) in [5, 5.41) is 1.92. The molecule has 1 unspecified atom stereocenters. The Morgan fingerprint density at radius 3 is 1.50 bits per heavy atom. The molecule has 4 atom stereocenters. The molecule has 86 heavy (non-hydrogen) atoms. The molecular weight excluding hydrogens is 1150 g/mol. The SMILES string of the molecule is C=C(C)[C@@H]1CCC(C)=C(OS(=O)(=O)C(F)(F)F)C1.C=C(C)[C@@H]1CCC(C)=C(c2ccc(N)cc2)C1.C=C(C)[C@@H]1CCC(C)=C(c2ccc(NC(=O)c3ccncc3F)cc2)C1.CC1OB(c2ccc(N)cc2)OC1(C)C.O=C(Cl)c1ccncc1F. The summed E-state index contributed by atoms with van der Waals surface area (Å²) in [5.74, 6) is -0.765. The van der Waals surface area contributed by atoms with Crippen LogP contribution in [0.1, 0.15) is 152 Å². The number of rotatable bonds is 11. The van der Waals surface area contributed by atoms with E-state index in [1.807, 2.05) is 81.4 Å². The van der Waals surface area contributed by atoms with Crippen molar-refractivity contribution in [2.75, 3.05) is 16.8 Å². The fourth-order valence-corrected chi connectivity index (χ4v) is 10.4. The molecule has 0 bridgehead atoms. The summed E-state index contributed by atoms with van der Waals surface area (Å²) in [6.45, 7) is 30.1. The maximum atomic E-state index is 13.7. The van der Waals surface area contributed by atoms with Crippen LogP contribution in [0.25, 0.3) is 11.1 Å². The lowest BCUT2D eigenvalue weighted by Gasteiger charge is -2.26. The third kappa shape index (κ3) is 19.9. The minimum atomic E-state index is -5.57. The van der Waals surface area contributed by atoms with Crippen molar-refractivity contribution < 1.29 is 53.5 Å². The van der Waals surface area contributed by atoms with E-state index in [1.165, 1.54) is 81.9 Å². The first-order valence-electron chi connectivity index (χ1n) is 28.2. The van der Waals surface area contributed by atoms with Gasteiger partial charge in [0.25, 0.3) is 11.1 Å². The average Bonchev–Trinajstić information content (AvgIpc) is 3.63. The van der Waals surface area contributed by atoms with Crippen LogP contribution < -0.4 is 22.2 Å². The molecule has 5 N–H and O–H groups in total. The number of carbonyl (C=O) groups is 2. The van der Waals surface area contributed by atoms with E-state index >= 15 is 0 Å². The summed E-state index contributed by atoms with van der Waals surface area (Å²) in [6.07, 6.45) is 13.0. The van der Waals surface area contributed by atoms with Gasteiger partial charge in [-0.25, -0.2) is 8.78 Å². The molecule has 0 radical (unpaired) electrons. The van der Waals surface area contributed by atoms with Crippen LogP contribution in [-0.4, -0.2) is 53.9 Å². The molecule has 3 aliphatic carbocycles. The Balaban J connectivity index is 0.000000202. The number of nitrogens with zero attached hydrogens (tertiary/aromatic N) is 2. The molecule has 2 aromatic heterocycles. The second kappa shape index (κ2) is 30.9. The molecular formula is C66H78BClF5N5O7S. The van der Waals surface area contributed by atoms with Gasteiger partial charge >= 0.3 is 22.7 Å². The second-order valence-corrected chi connectivity index (χ2v) is 24.6. The van der Waals surface area contributed by atoms with Gasteiger partial charge in [-0.2, -0.15) is 21.6 Å². The zero-order valence-corrected chi connectivity index (χ0v) is 51.9. The topological polar surface area (TPSA) is 186 Å². The molecule has 1 amide bonds. The number of nitrogens with two attached hydrogens (primary N) is 2. The molecule has 20 heteroatoms. The molecule has 1 fully saturated rings. The Kier molecular flexibility index (Phi) is 25.0. The highest BCUT2D eigenvalue weighted by atomic mass is 35.5. The number of hydrogen-bond acceptors (Lipinski definition) is 11. The van der Waals surface area contributed by atoms with Crippen molar-refractivity contribution in [2.24, 2.45) is 17.8 Å². The van der Waals surface area contributed by atoms with Gasteiger partial charge in [-0.1, -0.05) is 84.0 Å². The molecule has 0 spiro atoms. The standard InChI is InChI=1S/C22H23FN2O.C16H21N.C11H16BNO2.C11H15F3O3S.C6H3ClFNO/c1-14(2)17-5-4-15(3)20(12-17)16-6-8-18(9-7-16)25-22(26)19-10-11-24-13-21(19)23;1-11(2)14-5-4-12(3)16(10-14)13-6-8-15(17)9-7-13;1-8-11(2,3)15-12(14-8)9-4-6-10(13)7-5-9;1-7(2)9-5-4-8(3)10(6-9)17-18(15,16)11(12,13)14;7-6(10)4-1-2-9-3-5(4)8/h6-11,13,17H,1,4-5,12H2,2-3H3,(H,25,26);6-9,14H,1,4-5,10,17H2,2-3H3;4-8H,13H2,1-3H3;9H,1,4-6H2,2-3H3;1-3H/t17-;14-;;9-;/m11.1./s1. The number of amides is 1. The zero-order valence-electron chi connectivity index (χ0n) is 50.3. The van der Waals surface area contributed by atoms with E-state index in [0.29, 0.717) is 29.5 Å². The summed E-state index contributed by atoms with van der Waals surface area (Å²) >= 11 is 5.00. The van der Waals surface area contributed by atoms with Gasteiger partial charge in [0.15, 0.2) is 11.6 Å². The van der Waals surface area contributed by atoms with Crippen LogP contribution in [0.5, 0.6) is 0 Å². The lowest BCUT2D eigenvalue weighted by molar-refractivity contribution is -0.0525. The van der Waals surface area contributed by atoms with Gasteiger partial charge in [0.2, 0.25) is 0 Å². The van der Waals surface area contributed by atoms with E-state index in [9.17, 15) is 40.0 Å². The number of nitrogens with one attached hydrogen (secondary N) is 1. The van der Waals surface area contributed by atoms with Crippen LogP contribution in [-0.2, 0) is 23.6 Å². The van der Waals surface area contributed by atoms with E-state index in [4.69, 9.17) is 32.4 Å². The normalized spacial score (nSPS) is 19.2. The van der Waals surface area contributed by atoms with E-state index < -0.39 is 38.4 Å². The molecule has 0 saturated carbocycles. The number of allylic oxidation sites excluding steroid dienone is 9. The van der Waals surface area contributed by atoms with Crippen LogP contribution in [0.3, 0.4) is 0 Å². The van der Waals surface area contributed by atoms with Gasteiger partial charge in [0, 0.05) is 35.9 Å². The van der Waals surface area contributed by atoms with Crippen molar-refractivity contribution >= 4 is 73.7 Å². The van der Waals surface area contributed by atoms with Crippen molar-refractivity contribution in [3.05, 3.63) is 203 Å².